The lowest BCUT2D eigenvalue weighted by molar-refractivity contribution is -0.145. The summed E-state index contributed by atoms with van der Waals surface area (Å²) < 4.78 is 58.3. The van der Waals surface area contributed by atoms with E-state index in [1.807, 2.05) is 0 Å². The van der Waals surface area contributed by atoms with Crippen molar-refractivity contribution in [3.63, 3.8) is 0 Å². The van der Waals surface area contributed by atoms with E-state index in [0.29, 0.717) is 27.3 Å². The molecule has 0 saturated carbocycles. The number of thioether (sulfide) groups is 1. The minimum absolute atomic E-state index is 0.206. The molecule has 9 nitrogen and oxygen atoms in total. The van der Waals surface area contributed by atoms with Gasteiger partial charge >= 0.3 is 12.2 Å². The number of halogens is 4. The Balaban J connectivity index is 1.71. The summed E-state index contributed by atoms with van der Waals surface area (Å²) in [6, 6.07) is 2.84. The first-order valence-corrected chi connectivity index (χ1v) is 12.8. The maximum absolute atomic E-state index is 14.8. The van der Waals surface area contributed by atoms with Crippen LogP contribution in [-0.4, -0.2) is 36.6 Å². The van der Waals surface area contributed by atoms with Crippen LogP contribution in [0.1, 0.15) is 32.0 Å². The number of alkyl halides is 3. The molecular formula is C25H25F4N7O2S. The normalized spacial score (nSPS) is 12.2. The Kier molecular flexibility index (Phi) is 7.19. The Morgan fingerprint density at radius 3 is 2.31 bits per heavy atom. The molecule has 4 aromatic rings. The Bertz CT molecular complexity index is 1660. The minimum atomic E-state index is -4.81. The number of amides is 2. The Hall–Kier alpha value is -3.94. The number of benzene rings is 1. The highest BCUT2D eigenvalue weighted by Crippen LogP contribution is 2.37. The van der Waals surface area contributed by atoms with Gasteiger partial charge in [0.2, 0.25) is 0 Å². The van der Waals surface area contributed by atoms with Gasteiger partial charge in [0.05, 0.1) is 23.1 Å². The van der Waals surface area contributed by atoms with Crippen LogP contribution in [0.2, 0.25) is 0 Å². The lowest BCUT2D eigenvalue weighted by Crippen LogP contribution is -2.30. The van der Waals surface area contributed by atoms with Gasteiger partial charge in [-0.1, -0.05) is 11.8 Å². The van der Waals surface area contributed by atoms with Crippen molar-refractivity contribution in [1.29, 1.82) is 0 Å². The van der Waals surface area contributed by atoms with Crippen molar-refractivity contribution in [2.24, 2.45) is 7.05 Å². The van der Waals surface area contributed by atoms with Gasteiger partial charge in [0.25, 0.3) is 5.56 Å². The predicted octanol–water partition coefficient (Wildman–Crippen LogP) is 5.78. The number of urea groups is 1. The van der Waals surface area contributed by atoms with E-state index in [-0.39, 0.29) is 11.3 Å². The molecule has 4 rings (SSSR count). The number of nitrogens with zero attached hydrogens (tertiary/aromatic N) is 5. The molecule has 0 atom stereocenters. The average Bonchev–Trinajstić information content (AvgIpc) is 3.28. The molecule has 2 N–H and O–H groups in total. The zero-order valence-corrected chi connectivity index (χ0v) is 22.7. The molecular weight excluding hydrogens is 538 g/mol. The summed E-state index contributed by atoms with van der Waals surface area (Å²) in [5.74, 6) is -0.835. The maximum Gasteiger partial charge on any atom is 0.435 e. The van der Waals surface area contributed by atoms with Gasteiger partial charge in [-0.05, 0) is 63.3 Å². The highest BCUT2D eigenvalue weighted by molar-refractivity contribution is 7.98. The molecule has 0 fully saturated rings. The third kappa shape index (κ3) is 5.46. The number of pyridine rings is 1. The predicted molar refractivity (Wildman–Crippen MR) is 142 cm³/mol. The molecule has 2 amide bonds. The van der Waals surface area contributed by atoms with Gasteiger partial charge in [-0.3, -0.25) is 14.0 Å². The molecule has 1 aromatic carbocycles. The van der Waals surface area contributed by atoms with Crippen LogP contribution in [-0.2, 0) is 18.8 Å². The molecule has 0 radical (unpaired) electrons. The summed E-state index contributed by atoms with van der Waals surface area (Å²) in [6.45, 7) is 6.20. The number of hydrogen-bond acceptors (Lipinski definition) is 6. The number of carbonyl (C=O) groups is 1. The SMILES string of the molecule is CSc1ncc2cc(-c3cc(NC(=O)Nc4cnn(C(C)(C)C)c4C(F)(F)F)c(F)cc3C)c(=O)n(C)c2n1. The van der Waals surface area contributed by atoms with E-state index in [9.17, 15) is 27.2 Å². The van der Waals surface area contributed by atoms with E-state index < -0.39 is 40.5 Å². The summed E-state index contributed by atoms with van der Waals surface area (Å²) in [5, 5.41) is 9.19. The van der Waals surface area contributed by atoms with Crippen LogP contribution in [0.3, 0.4) is 0 Å². The number of nitrogens with one attached hydrogen (secondary N) is 2. The monoisotopic (exact) mass is 563 g/mol. The van der Waals surface area contributed by atoms with Crippen molar-refractivity contribution in [3.8, 4) is 11.1 Å². The molecule has 3 heterocycles. The lowest BCUT2D eigenvalue weighted by Gasteiger charge is -2.24. The summed E-state index contributed by atoms with van der Waals surface area (Å²) in [5.41, 5.74) is -2.16. The van der Waals surface area contributed by atoms with Gasteiger partial charge in [-0.25, -0.2) is 19.2 Å². The molecule has 206 valence electrons. The van der Waals surface area contributed by atoms with Crippen LogP contribution in [0.25, 0.3) is 22.2 Å². The summed E-state index contributed by atoms with van der Waals surface area (Å²) >= 11 is 1.32. The first-order chi connectivity index (χ1) is 18.1. The number of aromatic nitrogens is 5. The van der Waals surface area contributed by atoms with Crippen LogP contribution in [0.4, 0.5) is 33.7 Å². The van der Waals surface area contributed by atoms with Gasteiger partial charge in [0.15, 0.2) is 10.9 Å². The van der Waals surface area contributed by atoms with E-state index >= 15 is 0 Å². The van der Waals surface area contributed by atoms with Crippen molar-refractivity contribution in [3.05, 3.63) is 58.0 Å². The molecule has 0 unspecified atom stereocenters. The standard InChI is InChI=1S/C25H25F4N7O2S/c1-12-7-16(26)17(32-22(38)33-18-11-31-36(24(2,3)4)19(18)25(27,28)29)9-14(12)15-8-13-10-30-23(39-6)34-20(13)35(5)21(15)37/h7-11H,1-6H3,(H2,32,33,38). The number of carbonyl (C=O) groups excluding carboxylic acids is 1. The van der Waals surface area contributed by atoms with Gasteiger partial charge in [0.1, 0.15) is 11.5 Å². The molecule has 0 bridgehead atoms. The fourth-order valence-corrected chi connectivity index (χ4v) is 4.41. The zero-order valence-electron chi connectivity index (χ0n) is 21.9. The Labute approximate surface area is 224 Å². The highest BCUT2D eigenvalue weighted by Gasteiger charge is 2.41. The molecule has 0 saturated heterocycles. The van der Waals surface area contributed by atoms with Crippen molar-refractivity contribution in [1.82, 2.24) is 24.3 Å². The lowest BCUT2D eigenvalue weighted by atomic mass is 9.99. The van der Waals surface area contributed by atoms with Crippen molar-refractivity contribution >= 4 is 40.2 Å². The van der Waals surface area contributed by atoms with Crippen LogP contribution in [0.5, 0.6) is 0 Å². The second-order valence-corrected chi connectivity index (χ2v) is 10.5. The Morgan fingerprint density at radius 2 is 1.69 bits per heavy atom. The third-order valence-corrected chi connectivity index (χ3v) is 6.44. The quantitative estimate of drug-likeness (QED) is 0.185. The van der Waals surface area contributed by atoms with Crippen molar-refractivity contribution in [2.75, 3.05) is 16.9 Å². The van der Waals surface area contributed by atoms with E-state index in [1.165, 1.54) is 43.2 Å². The second kappa shape index (κ2) is 9.98. The topological polar surface area (TPSA) is 107 Å². The number of hydrogen-bond donors (Lipinski definition) is 2. The second-order valence-electron chi connectivity index (χ2n) is 9.77. The molecule has 0 spiro atoms. The van der Waals surface area contributed by atoms with Gasteiger partial charge in [-0.15, -0.1) is 0 Å². The van der Waals surface area contributed by atoms with Crippen LogP contribution in [0.15, 0.2) is 40.5 Å². The fourth-order valence-electron chi connectivity index (χ4n) is 4.08. The van der Waals surface area contributed by atoms with Crippen LogP contribution >= 0.6 is 11.8 Å². The van der Waals surface area contributed by atoms with Gasteiger partial charge in [0, 0.05) is 24.2 Å². The van der Waals surface area contributed by atoms with Crippen molar-refractivity contribution in [2.45, 2.75) is 44.6 Å². The van der Waals surface area contributed by atoms with E-state index in [2.05, 4.69) is 25.7 Å². The largest absolute Gasteiger partial charge is 0.435 e. The van der Waals surface area contributed by atoms with Crippen molar-refractivity contribution < 1.29 is 22.4 Å². The molecule has 39 heavy (non-hydrogen) atoms. The first-order valence-electron chi connectivity index (χ1n) is 11.6. The van der Waals surface area contributed by atoms with Gasteiger partial charge < -0.3 is 10.6 Å². The molecule has 14 heteroatoms. The highest BCUT2D eigenvalue weighted by atomic mass is 32.2. The van der Waals surface area contributed by atoms with E-state index in [4.69, 9.17) is 0 Å². The molecule has 3 aromatic heterocycles. The smallest absolute Gasteiger partial charge is 0.305 e. The average molecular weight is 564 g/mol. The Morgan fingerprint density at radius 1 is 1.03 bits per heavy atom. The zero-order chi connectivity index (χ0) is 28.9. The minimum Gasteiger partial charge on any atom is -0.305 e. The van der Waals surface area contributed by atoms with Crippen LogP contribution < -0.4 is 16.2 Å². The maximum atomic E-state index is 14.8. The van der Waals surface area contributed by atoms with Gasteiger partial charge in [-0.2, -0.15) is 18.3 Å². The summed E-state index contributed by atoms with van der Waals surface area (Å²) in [7, 11) is 1.55. The first kappa shape index (κ1) is 28.1. The van der Waals surface area contributed by atoms with E-state index in [1.54, 1.807) is 32.5 Å². The number of rotatable bonds is 4. The summed E-state index contributed by atoms with van der Waals surface area (Å²) in [4.78, 5) is 34.5. The van der Waals surface area contributed by atoms with E-state index in [0.717, 1.165) is 16.9 Å². The number of anilines is 2. The number of aryl methyl sites for hydroxylation is 2. The fraction of sp³-hybridized carbons (Fsp3) is 0.320. The number of fused-ring (bicyclic) bond motifs is 1. The molecule has 0 aliphatic heterocycles. The third-order valence-electron chi connectivity index (χ3n) is 5.88. The van der Waals surface area contributed by atoms with Crippen LogP contribution in [0, 0.1) is 12.7 Å². The molecule has 0 aliphatic rings. The molecule has 0 aliphatic carbocycles. The summed E-state index contributed by atoms with van der Waals surface area (Å²) in [6.07, 6.45) is -0.557.